The predicted octanol–water partition coefficient (Wildman–Crippen LogP) is 2.48. The summed E-state index contributed by atoms with van der Waals surface area (Å²) in [6.45, 7) is 5.62. The molecule has 3 rings (SSSR count). The number of carbonyl (C=O) groups is 1. The number of amides is 1. The third kappa shape index (κ3) is 3.90. The summed E-state index contributed by atoms with van der Waals surface area (Å²) in [6, 6.07) is 7.96. The maximum absolute atomic E-state index is 12.1. The molecular weight excluding hydrogens is 290 g/mol. The molecule has 1 aliphatic heterocycles. The molecule has 1 aromatic heterocycles. The second-order valence-electron chi connectivity index (χ2n) is 6.31. The molecule has 6 heteroatoms. The largest absolute Gasteiger partial charge is 0.396 e. The second kappa shape index (κ2) is 6.83. The minimum Gasteiger partial charge on any atom is -0.396 e. The molecule has 1 aromatic carbocycles. The Balaban J connectivity index is 1.57. The van der Waals surface area contributed by atoms with Crippen molar-refractivity contribution in [1.29, 1.82) is 0 Å². The van der Waals surface area contributed by atoms with Crippen LogP contribution in [0.25, 0.3) is 0 Å². The van der Waals surface area contributed by atoms with Gasteiger partial charge >= 0.3 is 0 Å². The normalized spacial score (nSPS) is 16.4. The predicted molar refractivity (Wildman–Crippen MR) is 91.1 cm³/mol. The van der Waals surface area contributed by atoms with Gasteiger partial charge in [-0.3, -0.25) is 14.8 Å². The summed E-state index contributed by atoms with van der Waals surface area (Å²) in [5.41, 5.74) is 8.32. The summed E-state index contributed by atoms with van der Waals surface area (Å²) in [5.74, 6) is 0.566. The van der Waals surface area contributed by atoms with E-state index >= 15 is 0 Å². The molecule has 0 radical (unpaired) electrons. The third-order valence-electron chi connectivity index (χ3n) is 4.39. The fourth-order valence-electron chi connectivity index (χ4n) is 2.84. The monoisotopic (exact) mass is 313 g/mol. The van der Waals surface area contributed by atoms with Gasteiger partial charge in [-0.25, -0.2) is 0 Å². The molecule has 0 aliphatic carbocycles. The van der Waals surface area contributed by atoms with Gasteiger partial charge in [0.2, 0.25) is 0 Å². The van der Waals surface area contributed by atoms with Crippen molar-refractivity contribution >= 4 is 17.3 Å². The van der Waals surface area contributed by atoms with Crippen LogP contribution >= 0.6 is 0 Å². The Labute approximate surface area is 136 Å². The minimum absolute atomic E-state index is 0.280. The van der Waals surface area contributed by atoms with E-state index in [4.69, 9.17) is 5.73 Å². The van der Waals surface area contributed by atoms with E-state index in [0.717, 1.165) is 18.2 Å². The van der Waals surface area contributed by atoms with Crippen LogP contribution in [0.1, 0.15) is 35.8 Å². The van der Waals surface area contributed by atoms with Crippen molar-refractivity contribution in [3.05, 3.63) is 41.7 Å². The third-order valence-corrected chi connectivity index (χ3v) is 4.39. The van der Waals surface area contributed by atoms with Gasteiger partial charge < -0.3 is 11.1 Å². The second-order valence-corrected chi connectivity index (χ2v) is 6.31. The summed E-state index contributed by atoms with van der Waals surface area (Å²) in [4.78, 5) is 14.5. The number of likely N-dealkylation sites (tertiary alicyclic amines) is 1. The number of aromatic nitrogens is 2. The van der Waals surface area contributed by atoms with Crippen LogP contribution < -0.4 is 11.1 Å². The van der Waals surface area contributed by atoms with Crippen LogP contribution in [0.4, 0.5) is 11.4 Å². The number of anilines is 2. The smallest absolute Gasteiger partial charge is 0.275 e. The van der Waals surface area contributed by atoms with Gasteiger partial charge in [0.05, 0.1) is 11.9 Å². The van der Waals surface area contributed by atoms with Crippen LogP contribution in [0.15, 0.2) is 30.5 Å². The van der Waals surface area contributed by atoms with E-state index in [-0.39, 0.29) is 11.6 Å². The Morgan fingerprint density at radius 1 is 1.35 bits per heavy atom. The number of aromatic amines is 1. The molecule has 0 atom stereocenters. The summed E-state index contributed by atoms with van der Waals surface area (Å²) < 4.78 is 0. The van der Waals surface area contributed by atoms with E-state index in [1.807, 2.05) is 12.1 Å². The molecule has 23 heavy (non-hydrogen) atoms. The Kier molecular flexibility index (Phi) is 4.62. The molecule has 0 spiro atoms. The lowest BCUT2D eigenvalue weighted by Gasteiger charge is -2.30. The molecule has 0 unspecified atom stereocenters. The molecular formula is C17H23N5O. The lowest BCUT2D eigenvalue weighted by atomic mass is 9.99. The Morgan fingerprint density at radius 2 is 2.04 bits per heavy atom. The maximum atomic E-state index is 12.1. The van der Waals surface area contributed by atoms with E-state index in [9.17, 15) is 4.79 Å². The molecule has 2 heterocycles. The zero-order valence-electron chi connectivity index (χ0n) is 13.4. The van der Waals surface area contributed by atoms with Gasteiger partial charge in [0, 0.05) is 12.2 Å². The SMILES string of the molecule is CC1CCN(Cc2ccc(NC(=O)c3[nH]ncc3N)cc2)CC1. The van der Waals surface area contributed by atoms with Crippen LogP contribution in [0, 0.1) is 5.92 Å². The van der Waals surface area contributed by atoms with Crippen LogP contribution in [0.5, 0.6) is 0 Å². The Bertz CT molecular complexity index is 656. The maximum Gasteiger partial charge on any atom is 0.275 e. The van der Waals surface area contributed by atoms with Crippen molar-refractivity contribution in [2.45, 2.75) is 26.3 Å². The highest BCUT2D eigenvalue weighted by atomic mass is 16.2. The van der Waals surface area contributed by atoms with Crippen molar-refractivity contribution in [2.24, 2.45) is 5.92 Å². The van der Waals surface area contributed by atoms with Crippen molar-refractivity contribution in [2.75, 3.05) is 24.1 Å². The van der Waals surface area contributed by atoms with Gasteiger partial charge in [-0.05, 0) is 49.5 Å². The molecule has 122 valence electrons. The lowest BCUT2D eigenvalue weighted by Crippen LogP contribution is -2.32. The number of nitrogen functional groups attached to an aromatic ring is 1. The Morgan fingerprint density at radius 3 is 2.65 bits per heavy atom. The number of hydrogen-bond donors (Lipinski definition) is 3. The van der Waals surface area contributed by atoms with Gasteiger partial charge in [0.15, 0.2) is 0 Å². The number of piperidine rings is 1. The number of nitrogens with zero attached hydrogens (tertiary/aromatic N) is 2. The Hall–Kier alpha value is -2.34. The molecule has 1 amide bonds. The molecule has 2 aromatic rings. The highest BCUT2D eigenvalue weighted by Crippen LogP contribution is 2.19. The van der Waals surface area contributed by atoms with E-state index in [2.05, 4.69) is 39.5 Å². The standard InChI is InChI=1S/C17H23N5O/c1-12-6-8-22(9-7-12)11-13-2-4-14(5-3-13)20-17(23)16-15(18)10-19-21-16/h2-5,10,12H,6-9,11,18H2,1H3,(H,19,21)(H,20,23). The number of H-pyrrole nitrogens is 1. The van der Waals surface area contributed by atoms with Crippen LogP contribution in [0.2, 0.25) is 0 Å². The van der Waals surface area contributed by atoms with Crippen molar-refractivity contribution < 1.29 is 4.79 Å². The average Bonchev–Trinajstić information content (AvgIpc) is 2.98. The quantitative estimate of drug-likeness (QED) is 0.809. The van der Waals surface area contributed by atoms with Gasteiger partial charge in [-0.15, -0.1) is 0 Å². The first kappa shape index (κ1) is 15.6. The highest BCUT2D eigenvalue weighted by molar-refractivity contribution is 6.06. The van der Waals surface area contributed by atoms with Gasteiger partial charge in [-0.2, -0.15) is 5.10 Å². The first-order chi connectivity index (χ1) is 11.1. The number of hydrogen-bond acceptors (Lipinski definition) is 4. The first-order valence-corrected chi connectivity index (χ1v) is 8.03. The lowest BCUT2D eigenvalue weighted by molar-refractivity contribution is 0.102. The molecule has 4 N–H and O–H groups in total. The molecule has 0 saturated carbocycles. The van der Waals surface area contributed by atoms with E-state index < -0.39 is 0 Å². The summed E-state index contributed by atoms with van der Waals surface area (Å²) in [7, 11) is 0. The summed E-state index contributed by atoms with van der Waals surface area (Å²) in [6.07, 6.45) is 3.98. The number of nitrogens with two attached hydrogens (primary N) is 1. The number of carbonyl (C=O) groups excluding carboxylic acids is 1. The molecule has 1 saturated heterocycles. The van der Waals surface area contributed by atoms with E-state index in [0.29, 0.717) is 5.69 Å². The zero-order chi connectivity index (χ0) is 16.2. The number of rotatable bonds is 4. The topological polar surface area (TPSA) is 87.0 Å². The van der Waals surface area contributed by atoms with Crippen LogP contribution in [-0.2, 0) is 6.54 Å². The van der Waals surface area contributed by atoms with Crippen molar-refractivity contribution in [3.8, 4) is 0 Å². The van der Waals surface area contributed by atoms with Gasteiger partial charge in [0.25, 0.3) is 5.91 Å². The first-order valence-electron chi connectivity index (χ1n) is 8.03. The van der Waals surface area contributed by atoms with Crippen molar-refractivity contribution in [3.63, 3.8) is 0 Å². The number of nitrogens with one attached hydrogen (secondary N) is 2. The number of benzene rings is 1. The van der Waals surface area contributed by atoms with Crippen LogP contribution in [-0.4, -0.2) is 34.1 Å². The minimum atomic E-state index is -0.280. The highest BCUT2D eigenvalue weighted by Gasteiger charge is 2.16. The summed E-state index contributed by atoms with van der Waals surface area (Å²) >= 11 is 0. The molecule has 6 nitrogen and oxygen atoms in total. The molecule has 1 aliphatic rings. The van der Waals surface area contributed by atoms with Gasteiger partial charge in [0.1, 0.15) is 5.69 Å². The van der Waals surface area contributed by atoms with E-state index in [1.165, 1.54) is 37.7 Å². The van der Waals surface area contributed by atoms with Crippen molar-refractivity contribution in [1.82, 2.24) is 15.1 Å². The zero-order valence-corrected chi connectivity index (χ0v) is 13.4. The molecule has 1 fully saturated rings. The fraction of sp³-hybridized carbons (Fsp3) is 0.412. The van der Waals surface area contributed by atoms with Crippen LogP contribution in [0.3, 0.4) is 0 Å². The summed E-state index contributed by atoms with van der Waals surface area (Å²) in [5, 5.41) is 9.17. The molecule has 0 bridgehead atoms. The van der Waals surface area contributed by atoms with E-state index in [1.54, 1.807) is 0 Å². The van der Waals surface area contributed by atoms with Gasteiger partial charge in [-0.1, -0.05) is 19.1 Å². The average molecular weight is 313 g/mol. The fourth-order valence-corrected chi connectivity index (χ4v) is 2.84.